The van der Waals surface area contributed by atoms with Gasteiger partial charge >= 0.3 is 5.97 Å². The first kappa shape index (κ1) is 12.9. The number of carboxylic acids is 1. The van der Waals surface area contributed by atoms with Gasteiger partial charge in [-0.25, -0.2) is 4.98 Å². The number of rotatable bonds is 3. The summed E-state index contributed by atoms with van der Waals surface area (Å²) in [5.41, 5.74) is 6.82. The Morgan fingerprint density at radius 1 is 1.39 bits per heavy atom. The lowest BCUT2D eigenvalue weighted by molar-refractivity contribution is -0.143. The maximum Gasteiger partial charge on any atom is 0.306 e. The van der Waals surface area contributed by atoms with E-state index in [-0.39, 0.29) is 11.8 Å². The number of carbonyl (C=O) groups is 1. The second-order valence-corrected chi connectivity index (χ2v) is 5.09. The highest BCUT2D eigenvalue weighted by molar-refractivity contribution is 5.70. The molecule has 2 unspecified atom stereocenters. The predicted octanol–water partition coefficient (Wildman–Crippen LogP) is 2.49. The summed E-state index contributed by atoms with van der Waals surface area (Å²) < 4.78 is 0. The molecule has 1 aromatic heterocycles. The summed E-state index contributed by atoms with van der Waals surface area (Å²) >= 11 is 0. The van der Waals surface area contributed by atoms with Crippen molar-refractivity contribution in [2.75, 3.05) is 5.73 Å². The first-order chi connectivity index (χ1) is 8.68. The van der Waals surface area contributed by atoms with Crippen LogP contribution in [0.3, 0.4) is 0 Å². The van der Waals surface area contributed by atoms with Crippen LogP contribution < -0.4 is 5.73 Å². The molecule has 0 saturated heterocycles. The molecule has 0 amide bonds. The molecular formula is C14H20N2O2. The molecule has 18 heavy (non-hydrogen) atoms. The van der Waals surface area contributed by atoms with E-state index in [9.17, 15) is 9.90 Å². The second kappa shape index (κ2) is 5.85. The van der Waals surface area contributed by atoms with Crippen molar-refractivity contribution in [1.29, 1.82) is 0 Å². The van der Waals surface area contributed by atoms with E-state index >= 15 is 0 Å². The Morgan fingerprint density at radius 3 is 2.89 bits per heavy atom. The smallest absolute Gasteiger partial charge is 0.306 e. The van der Waals surface area contributed by atoms with Crippen molar-refractivity contribution in [1.82, 2.24) is 4.98 Å². The fourth-order valence-corrected chi connectivity index (χ4v) is 2.86. The van der Waals surface area contributed by atoms with Crippen molar-refractivity contribution in [3.63, 3.8) is 0 Å². The lowest BCUT2D eigenvalue weighted by atomic mass is 9.83. The topological polar surface area (TPSA) is 76.2 Å². The molecule has 1 aliphatic carbocycles. The Hall–Kier alpha value is -1.58. The minimum Gasteiger partial charge on any atom is -0.481 e. The van der Waals surface area contributed by atoms with Crippen LogP contribution in [0.15, 0.2) is 18.3 Å². The van der Waals surface area contributed by atoms with E-state index in [0.717, 1.165) is 44.1 Å². The Labute approximate surface area is 107 Å². The first-order valence-corrected chi connectivity index (χ1v) is 6.60. The van der Waals surface area contributed by atoms with Gasteiger partial charge in [-0.2, -0.15) is 0 Å². The van der Waals surface area contributed by atoms with Crippen LogP contribution in [0.5, 0.6) is 0 Å². The number of hydrogen-bond donors (Lipinski definition) is 2. The van der Waals surface area contributed by atoms with E-state index in [0.29, 0.717) is 5.82 Å². The molecule has 3 N–H and O–H groups in total. The van der Waals surface area contributed by atoms with Crippen LogP contribution in [-0.4, -0.2) is 16.1 Å². The van der Waals surface area contributed by atoms with Gasteiger partial charge in [-0.3, -0.25) is 4.79 Å². The van der Waals surface area contributed by atoms with Crippen LogP contribution in [0.4, 0.5) is 5.82 Å². The summed E-state index contributed by atoms with van der Waals surface area (Å²) in [6, 6.07) is 3.81. The van der Waals surface area contributed by atoms with Crippen molar-refractivity contribution in [3.8, 4) is 0 Å². The number of aromatic nitrogens is 1. The molecule has 4 nitrogen and oxygen atoms in total. The third-order valence-electron chi connectivity index (χ3n) is 3.88. The van der Waals surface area contributed by atoms with E-state index in [1.54, 1.807) is 6.20 Å². The van der Waals surface area contributed by atoms with Crippen molar-refractivity contribution < 1.29 is 9.90 Å². The molecule has 0 aromatic carbocycles. The number of nitrogens with zero attached hydrogens (tertiary/aromatic N) is 1. The monoisotopic (exact) mass is 248 g/mol. The van der Waals surface area contributed by atoms with E-state index in [1.165, 1.54) is 0 Å². The van der Waals surface area contributed by atoms with E-state index in [2.05, 4.69) is 4.98 Å². The summed E-state index contributed by atoms with van der Waals surface area (Å²) in [6.07, 6.45) is 7.45. The quantitative estimate of drug-likeness (QED) is 0.806. The molecular weight excluding hydrogens is 228 g/mol. The van der Waals surface area contributed by atoms with Crippen LogP contribution in [0.2, 0.25) is 0 Å². The largest absolute Gasteiger partial charge is 0.481 e. The third kappa shape index (κ3) is 3.00. The summed E-state index contributed by atoms with van der Waals surface area (Å²) in [7, 11) is 0. The number of nitrogens with two attached hydrogens (primary N) is 1. The summed E-state index contributed by atoms with van der Waals surface area (Å²) in [5.74, 6) is -0.168. The number of aliphatic carboxylic acids is 1. The van der Waals surface area contributed by atoms with Crippen molar-refractivity contribution in [3.05, 3.63) is 23.9 Å². The lowest BCUT2D eigenvalue weighted by Gasteiger charge is -2.21. The van der Waals surface area contributed by atoms with Gasteiger partial charge in [-0.05, 0) is 36.8 Å². The van der Waals surface area contributed by atoms with Gasteiger partial charge in [0.05, 0.1) is 5.92 Å². The van der Waals surface area contributed by atoms with Crippen LogP contribution in [0, 0.1) is 11.8 Å². The van der Waals surface area contributed by atoms with E-state index in [1.807, 2.05) is 12.1 Å². The van der Waals surface area contributed by atoms with Gasteiger partial charge in [-0.1, -0.05) is 25.3 Å². The molecule has 1 fully saturated rings. The summed E-state index contributed by atoms with van der Waals surface area (Å²) in [4.78, 5) is 15.4. The summed E-state index contributed by atoms with van der Waals surface area (Å²) in [6.45, 7) is 0. The Kier molecular flexibility index (Phi) is 4.18. The molecule has 0 aliphatic heterocycles. The Bertz CT molecular complexity index is 420. The lowest BCUT2D eigenvalue weighted by Crippen LogP contribution is -2.24. The molecule has 0 bridgehead atoms. The normalized spacial score (nSPS) is 24.4. The molecule has 98 valence electrons. The molecule has 1 aliphatic rings. The van der Waals surface area contributed by atoms with Gasteiger partial charge in [0.25, 0.3) is 0 Å². The minimum absolute atomic E-state index is 0.191. The number of anilines is 1. The summed E-state index contributed by atoms with van der Waals surface area (Å²) in [5, 5.41) is 9.33. The average molecular weight is 248 g/mol. The van der Waals surface area contributed by atoms with E-state index < -0.39 is 5.97 Å². The number of pyridine rings is 1. The number of hydrogen-bond acceptors (Lipinski definition) is 3. The SMILES string of the molecule is Nc1ncccc1CC1CCCCCC1C(=O)O. The van der Waals surface area contributed by atoms with Gasteiger partial charge in [0.15, 0.2) is 0 Å². The molecule has 1 aromatic rings. The van der Waals surface area contributed by atoms with Gasteiger partial charge in [0, 0.05) is 6.20 Å². The highest BCUT2D eigenvalue weighted by Crippen LogP contribution is 2.32. The van der Waals surface area contributed by atoms with Gasteiger partial charge in [0.1, 0.15) is 5.82 Å². The average Bonchev–Trinajstić information content (AvgIpc) is 2.57. The molecule has 0 radical (unpaired) electrons. The van der Waals surface area contributed by atoms with E-state index in [4.69, 9.17) is 5.73 Å². The Morgan fingerprint density at radius 2 is 2.17 bits per heavy atom. The fourth-order valence-electron chi connectivity index (χ4n) is 2.86. The fraction of sp³-hybridized carbons (Fsp3) is 0.571. The predicted molar refractivity (Wildman–Crippen MR) is 70.1 cm³/mol. The highest BCUT2D eigenvalue weighted by atomic mass is 16.4. The second-order valence-electron chi connectivity index (χ2n) is 5.09. The zero-order valence-electron chi connectivity index (χ0n) is 10.5. The first-order valence-electron chi connectivity index (χ1n) is 6.60. The van der Waals surface area contributed by atoms with Gasteiger partial charge in [0.2, 0.25) is 0 Å². The maximum atomic E-state index is 11.3. The number of carboxylic acid groups (broad SMARTS) is 1. The molecule has 1 heterocycles. The molecule has 0 spiro atoms. The van der Waals surface area contributed by atoms with Gasteiger partial charge in [-0.15, -0.1) is 0 Å². The van der Waals surface area contributed by atoms with Crippen molar-refractivity contribution >= 4 is 11.8 Å². The molecule has 2 atom stereocenters. The van der Waals surface area contributed by atoms with Gasteiger partial charge < -0.3 is 10.8 Å². The van der Waals surface area contributed by atoms with Crippen LogP contribution in [0.25, 0.3) is 0 Å². The third-order valence-corrected chi connectivity index (χ3v) is 3.88. The molecule has 2 rings (SSSR count). The van der Waals surface area contributed by atoms with Crippen molar-refractivity contribution in [2.24, 2.45) is 11.8 Å². The van der Waals surface area contributed by atoms with Crippen molar-refractivity contribution in [2.45, 2.75) is 38.5 Å². The highest BCUT2D eigenvalue weighted by Gasteiger charge is 2.29. The van der Waals surface area contributed by atoms with Crippen LogP contribution in [-0.2, 0) is 11.2 Å². The standard InChI is InChI=1S/C14H20N2O2/c15-13-11(6-4-8-16-13)9-10-5-2-1-3-7-12(10)14(17)18/h4,6,8,10,12H,1-3,5,7,9H2,(H2,15,16)(H,17,18). The molecule has 4 heteroatoms. The molecule has 1 saturated carbocycles. The minimum atomic E-state index is -0.663. The van der Waals surface area contributed by atoms with Crippen LogP contribution in [0.1, 0.15) is 37.7 Å². The Balaban J connectivity index is 2.14. The zero-order valence-corrected chi connectivity index (χ0v) is 10.5. The maximum absolute atomic E-state index is 11.3. The zero-order chi connectivity index (χ0) is 13.0. The number of nitrogen functional groups attached to an aromatic ring is 1. The van der Waals surface area contributed by atoms with Crippen LogP contribution >= 0.6 is 0 Å².